The second kappa shape index (κ2) is 6.27. The highest BCUT2D eigenvalue weighted by molar-refractivity contribution is 5.79. The summed E-state index contributed by atoms with van der Waals surface area (Å²) in [6, 6.07) is 6.40. The summed E-state index contributed by atoms with van der Waals surface area (Å²) in [4.78, 5) is 20.7. The van der Waals surface area contributed by atoms with Crippen LogP contribution < -0.4 is 5.56 Å². The Morgan fingerprint density at radius 2 is 2.00 bits per heavy atom. The molecule has 6 heteroatoms. The Kier molecular flexibility index (Phi) is 4.03. The quantitative estimate of drug-likeness (QED) is 0.453. The average molecular weight is 365 g/mol. The third-order valence-electron chi connectivity index (χ3n) is 4.83. The molecule has 3 aromatic rings. The fourth-order valence-corrected chi connectivity index (χ4v) is 3.31. The van der Waals surface area contributed by atoms with Crippen molar-refractivity contribution >= 4 is 10.9 Å². The highest BCUT2D eigenvalue weighted by atomic mass is 19.2. The fourth-order valence-electron chi connectivity index (χ4n) is 3.31. The molecule has 0 bridgehead atoms. The maximum Gasteiger partial charge on any atom is 0.261 e. The van der Waals surface area contributed by atoms with Gasteiger partial charge in [-0.25, -0.2) is 14.4 Å². The summed E-state index contributed by atoms with van der Waals surface area (Å²) in [5, 5.41) is 0.531. The predicted octanol–water partition coefficient (Wildman–Crippen LogP) is 3.44. The molecule has 0 radical (unpaired) electrons. The summed E-state index contributed by atoms with van der Waals surface area (Å²) in [7, 11) is 0. The molecule has 0 aliphatic carbocycles. The van der Waals surface area contributed by atoms with Crippen LogP contribution in [0.15, 0.2) is 35.3 Å². The van der Waals surface area contributed by atoms with Crippen molar-refractivity contribution in [2.24, 2.45) is 5.41 Å². The van der Waals surface area contributed by atoms with Crippen molar-refractivity contribution in [3.8, 4) is 11.8 Å². The van der Waals surface area contributed by atoms with E-state index in [9.17, 15) is 13.6 Å². The molecule has 1 aromatic carbocycles. The first kappa shape index (κ1) is 17.3. The molecule has 0 N–H and O–H groups in total. The van der Waals surface area contributed by atoms with Crippen LogP contribution in [0.1, 0.15) is 37.2 Å². The lowest BCUT2D eigenvalue weighted by Gasteiger charge is -2.31. The van der Waals surface area contributed by atoms with Gasteiger partial charge in [-0.05, 0) is 36.1 Å². The fraction of sp³-hybridized carbons (Fsp3) is 0.286. The zero-order valence-electron chi connectivity index (χ0n) is 15.0. The van der Waals surface area contributed by atoms with E-state index in [1.807, 2.05) is 0 Å². The molecule has 136 valence electrons. The Balaban J connectivity index is 1.77. The number of aromatic nitrogens is 3. The molecule has 0 saturated heterocycles. The molecule has 0 atom stereocenters. The van der Waals surface area contributed by atoms with Crippen LogP contribution in [0.4, 0.5) is 8.78 Å². The number of halogens is 2. The lowest BCUT2D eigenvalue weighted by atomic mass is 9.85. The standard InChI is InChI=1S/C21H17F2N3O/c1-21(2)9-7-17-25-16-11-13(4-6-15(16)20(27)26(17)12-21)3-5-14-8-10-24-19(23)18(14)22/h4,6,8,10-11H,7,9,12H2,1-2H3. The number of hydrogen-bond donors (Lipinski definition) is 0. The molecule has 1 aliphatic heterocycles. The monoisotopic (exact) mass is 365 g/mol. The number of pyridine rings is 1. The molecule has 3 heterocycles. The maximum absolute atomic E-state index is 13.7. The van der Waals surface area contributed by atoms with Crippen molar-refractivity contribution in [2.45, 2.75) is 33.2 Å². The van der Waals surface area contributed by atoms with Gasteiger partial charge in [0.25, 0.3) is 5.56 Å². The number of nitrogens with zero attached hydrogens (tertiary/aromatic N) is 3. The third-order valence-corrected chi connectivity index (χ3v) is 4.83. The Morgan fingerprint density at radius 3 is 2.81 bits per heavy atom. The zero-order valence-corrected chi connectivity index (χ0v) is 15.0. The van der Waals surface area contributed by atoms with Gasteiger partial charge in [-0.1, -0.05) is 25.7 Å². The topological polar surface area (TPSA) is 47.8 Å². The first-order valence-electron chi connectivity index (χ1n) is 8.70. The summed E-state index contributed by atoms with van der Waals surface area (Å²) in [6.07, 6.45) is 2.88. The molecule has 0 amide bonds. The highest BCUT2D eigenvalue weighted by Crippen LogP contribution is 2.29. The van der Waals surface area contributed by atoms with Gasteiger partial charge in [0, 0.05) is 24.7 Å². The summed E-state index contributed by atoms with van der Waals surface area (Å²) in [5.74, 6) is 3.94. The Hall–Kier alpha value is -3.07. The number of hydrogen-bond acceptors (Lipinski definition) is 3. The molecule has 0 saturated carbocycles. The molecular weight excluding hydrogens is 348 g/mol. The van der Waals surface area contributed by atoms with Crippen LogP contribution in [-0.2, 0) is 13.0 Å². The van der Waals surface area contributed by atoms with E-state index >= 15 is 0 Å². The summed E-state index contributed by atoms with van der Waals surface area (Å²) in [6.45, 7) is 4.94. The first-order chi connectivity index (χ1) is 12.8. The van der Waals surface area contributed by atoms with Crippen molar-refractivity contribution in [1.29, 1.82) is 0 Å². The van der Waals surface area contributed by atoms with Crippen LogP contribution in [0, 0.1) is 29.0 Å². The molecule has 1 aliphatic rings. The number of rotatable bonds is 0. The van der Waals surface area contributed by atoms with E-state index in [1.54, 1.807) is 22.8 Å². The molecule has 4 nitrogen and oxygen atoms in total. The van der Waals surface area contributed by atoms with Crippen molar-refractivity contribution in [3.63, 3.8) is 0 Å². The zero-order chi connectivity index (χ0) is 19.2. The van der Waals surface area contributed by atoms with Crippen LogP contribution >= 0.6 is 0 Å². The van der Waals surface area contributed by atoms with Crippen LogP contribution in [0.5, 0.6) is 0 Å². The SMILES string of the molecule is CC1(C)CCc2nc3cc(C#Cc4ccnc(F)c4F)ccc3c(=O)n2C1. The second-order valence-corrected chi connectivity index (χ2v) is 7.53. The number of aryl methyl sites for hydroxylation is 1. The van der Waals surface area contributed by atoms with Crippen LogP contribution in [0.25, 0.3) is 10.9 Å². The van der Waals surface area contributed by atoms with Gasteiger partial charge in [-0.15, -0.1) is 0 Å². The van der Waals surface area contributed by atoms with Gasteiger partial charge in [0.05, 0.1) is 16.5 Å². The normalized spacial score (nSPS) is 15.1. The van der Waals surface area contributed by atoms with Gasteiger partial charge in [0.1, 0.15) is 5.82 Å². The number of benzene rings is 1. The molecule has 4 rings (SSSR count). The van der Waals surface area contributed by atoms with Gasteiger partial charge < -0.3 is 0 Å². The van der Waals surface area contributed by atoms with Gasteiger partial charge >= 0.3 is 0 Å². The van der Waals surface area contributed by atoms with Crippen molar-refractivity contribution in [3.05, 3.63) is 69.5 Å². The molecule has 0 unspecified atom stereocenters. The van der Waals surface area contributed by atoms with Crippen LogP contribution in [0.2, 0.25) is 0 Å². The van der Waals surface area contributed by atoms with Crippen molar-refractivity contribution in [1.82, 2.24) is 14.5 Å². The van der Waals surface area contributed by atoms with E-state index in [2.05, 4.69) is 35.7 Å². The largest absolute Gasteiger partial charge is 0.296 e. The number of fused-ring (bicyclic) bond motifs is 2. The van der Waals surface area contributed by atoms with Crippen LogP contribution in [0.3, 0.4) is 0 Å². The first-order valence-corrected chi connectivity index (χ1v) is 8.70. The van der Waals surface area contributed by atoms with E-state index in [0.29, 0.717) is 23.0 Å². The van der Waals surface area contributed by atoms with Gasteiger partial charge in [-0.3, -0.25) is 9.36 Å². The van der Waals surface area contributed by atoms with Crippen LogP contribution in [-0.4, -0.2) is 14.5 Å². The lowest BCUT2D eigenvalue weighted by Crippen LogP contribution is -2.36. The molecule has 2 aromatic heterocycles. The minimum atomic E-state index is -1.18. The smallest absolute Gasteiger partial charge is 0.261 e. The van der Waals surface area contributed by atoms with Crippen molar-refractivity contribution < 1.29 is 8.78 Å². The average Bonchev–Trinajstić information content (AvgIpc) is 2.63. The summed E-state index contributed by atoms with van der Waals surface area (Å²) >= 11 is 0. The van der Waals surface area contributed by atoms with Crippen molar-refractivity contribution in [2.75, 3.05) is 0 Å². The third kappa shape index (κ3) is 3.21. The lowest BCUT2D eigenvalue weighted by molar-refractivity contribution is 0.240. The van der Waals surface area contributed by atoms with E-state index in [0.717, 1.165) is 18.7 Å². The van der Waals surface area contributed by atoms with E-state index in [1.165, 1.54) is 12.3 Å². The van der Waals surface area contributed by atoms with Gasteiger partial charge in [0.15, 0.2) is 5.82 Å². The predicted molar refractivity (Wildman–Crippen MR) is 98.2 cm³/mol. The highest BCUT2D eigenvalue weighted by Gasteiger charge is 2.27. The molecular formula is C21H17F2N3O. The Bertz CT molecular complexity index is 1190. The molecule has 0 spiro atoms. The Morgan fingerprint density at radius 1 is 1.19 bits per heavy atom. The van der Waals surface area contributed by atoms with Gasteiger partial charge in [-0.2, -0.15) is 4.39 Å². The summed E-state index contributed by atoms with van der Waals surface area (Å²) < 4.78 is 28.6. The maximum atomic E-state index is 13.7. The van der Waals surface area contributed by atoms with E-state index in [4.69, 9.17) is 0 Å². The minimum Gasteiger partial charge on any atom is -0.296 e. The second-order valence-electron chi connectivity index (χ2n) is 7.53. The Labute approximate surface area is 154 Å². The molecule has 0 fully saturated rings. The minimum absolute atomic E-state index is 0.0514. The van der Waals surface area contributed by atoms with E-state index in [-0.39, 0.29) is 16.5 Å². The molecule has 27 heavy (non-hydrogen) atoms. The van der Waals surface area contributed by atoms with E-state index < -0.39 is 11.8 Å². The van der Waals surface area contributed by atoms with Gasteiger partial charge in [0.2, 0.25) is 5.95 Å². The summed E-state index contributed by atoms with van der Waals surface area (Å²) in [5.41, 5.74) is 1.10.